The van der Waals surface area contributed by atoms with Gasteiger partial charge in [-0.1, -0.05) is 12.1 Å². The summed E-state index contributed by atoms with van der Waals surface area (Å²) in [5.74, 6) is 0. The van der Waals surface area contributed by atoms with E-state index in [1.54, 1.807) is 0 Å². The molecule has 0 aliphatic carbocycles. The van der Waals surface area contributed by atoms with Crippen molar-refractivity contribution in [2.24, 2.45) is 5.73 Å². The van der Waals surface area contributed by atoms with Crippen LogP contribution in [0.4, 0.5) is 4.79 Å². The lowest BCUT2D eigenvalue weighted by Crippen LogP contribution is -2.39. The van der Waals surface area contributed by atoms with Gasteiger partial charge in [-0.2, -0.15) is 0 Å². The van der Waals surface area contributed by atoms with Crippen LogP contribution in [0.2, 0.25) is 0 Å². The molecule has 1 aliphatic heterocycles. The number of carbonyl (C=O) groups excluding carboxylic acids is 1. The second-order valence-corrected chi connectivity index (χ2v) is 4.69. The first-order valence-electron chi connectivity index (χ1n) is 5.74. The third kappa shape index (κ3) is 1.89. The van der Waals surface area contributed by atoms with Gasteiger partial charge in [-0.25, -0.2) is 4.79 Å². The number of alkyl carbamates (subject to hydrolysis) is 1. The van der Waals surface area contributed by atoms with E-state index in [-0.39, 0.29) is 6.54 Å². The van der Waals surface area contributed by atoms with Crippen molar-refractivity contribution in [3.8, 4) is 0 Å². The van der Waals surface area contributed by atoms with Crippen LogP contribution in [-0.2, 0) is 10.3 Å². The summed E-state index contributed by atoms with van der Waals surface area (Å²) < 4.78 is 5.38. The van der Waals surface area contributed by atoms with E-state index in [2.05, 4.69) is 24.4 Å². The fourth-order valence-corrected chi connectivity index (χ4v) is 2.29. The molecule has 1 fully saturated rings. The maximum absolute atomic E-state index is 11.3. The first-order chi connectivity index (χ1) is 7.98. The highest BCUT2D eigenvalue weighted by Crippen LogP contribution is 2.32. The molecule has 1 atom stereocenters. The topological polar surface area (TPSA) is 64.3 Å². The minimum atomic E-state index is -0.709. The molecule has 92 valence electrons. The average molecular weight is 234 g/mol. The lowest BCUT2D eigenvalue weighted by atomic mass is 9.87. The molecule has 2 rings (SSSR count). The fourth-order valence-electron chi connectivity index (χ4n) is 2.29. The molecular formula is C13H18N2O2. The van der Waals surface area contributed by atoms with E-state index in [9.17, 15) is 4.79 Å². The molecule has 3 N–H and O–H groups in total. The normalized spacial score (nSPS) is 23.4. The highest BCUT2D eigenvalue weighted by molar-refractivity contribution is 5.71. The van der Waals surface area contributed by atoms with Crippen molar-refractivity contribution in [2.45, 2.75) is 26.4 Å². The second kappa shape index (κ2) is 4.04. The monoisotopic (exact) mass is 234 g/mol. The summed E-state index contributed by atoms with van der Waals surface area (Å²) >= 11 is 0. The van der Waals surface area contributed by atoms with Crippen LogP contribution in [0.15, 0.2) is 12.1 Å². The Morgan fingerprint density at radius 1 is 1.29 bits per heavy atom. The molecule has 4 heteroatoms. The van der Waals surface area contributed by atoms with Gasteiger partial charge in [-0.3, -0.25) is 0 Å². The molecule has 4 nitrogen and oxygen atoms in total. The van der Waals surface area contributed by atoms with Crippen LogP contribution in [0.3, 0.4) is 0 Å². The zero-order chi connectivity index (χ0) is 12.6. The number of carbonyl (C=O) groups is 1. The quantitative estimate of drug-likeness (QED) is 0.815. The van der Waals surface area contributed by atoms with Crippen LogP contribution in [0.25, 0.3) is 0 Å². The molecule has 1 aliphatic rings. The molecular weight excluding hydrogens is 216 g/mol. The van der Waals surface area contributed by atoms with E-state index in [1.807, 2.05) is 13.8 Å². The van der Waals surface area contributed by atoms with Crippen LogP contribution >= 0.6 is 0 Å². The van der Waals surface area contributed by atoms with Gasteiger partial charge in [-0.05, 0) is 37.5 Å². The summed E-state index contributed by atoms with van der Waals surface area (Å²) in [7, 11) is 0. The third-order valence-electron chi connectivity index (χ3n) is 3.47. The molecule has 0 spiro atoms. The Morgan fingerprint density at radius 3 is 2.47 bits per heavy atom. The van der Waals surface area contributed by atoms with Gasteiger partial charge in [-0.15, -0.1) is 0 Å². The summed E-state index contributed by atoms with van der Waals surface area (Å²) in [6.45, 7) is 6.86. The van der Waals surface area contributed by atoms with Gasteiger partial charge in [0.2, 0.25) is 0 Å². The Kier molecular flexibility index (Phi) is 2.83. The smallest absolute Gasteiger partial charge is 0.408 e. The number of rotatable bonds is 2. The molecule has 0 bridgehead atoms. The standard InChI is InChI=1S/C13H18N2O2/c1-8-4-10(3)11(5-9(8)2)13(6-14)7-15-12(16)17-13/h4-5H,6-7,14H2,1-3H3,(H,15,16). The van der Waals surface area contributed by atoms with Crippen LogP contribution in [0.5, 0.6) is 0 Å². The minimum absolute atomic E-state index is 0.287. The van der Waals surface area contributed by atoms with Crippen LogP contribution in [-0.4, -0.2) is 19.2 Å². The van der Waals surface area contributed by atoms with E-state index >= 15 is 0 Å². The third-order valence-corrected chi connectivity index (χ3v) is 3.47. The van der Waals surface area contributed by atoms with Gasteiger partial charge >= 0.3 is 6.09 Å². The zero-order valence-corrected chi connectivity index (χ0v) is 10.5. The van der Waals surface area contributed by atoms with E-state index in [0.29, 0.717) is 6.54 Å². The molecule has 0 radical (unpaired) electrons. The van der Waals surface area contributed by atoms with E-state index in [1.165, 1.54) is 11.1 Å². The number of nitrogens with one attached hydrogen (secondary N) is 1. The van der Waals surface area contributed by atoms with Crippen molar-refractivity contribution in [1.82, 2.24) is 5.32 Å². The van der Waals surface area contributed by atoms with E-state index < -0.39 is 11.7 Å². The Labute approximate surface area is 101 Å². The number of benzene rings is 1. The molecule has 0 aromatic heterocycles. The van der Waals surface area contributed by atoms with Crippen molar-refractivity contribution in [3.05, 3.63) is 34.4 Å². The summed E-state index contributed by atoms with van der Waals surface area (Å²) in [4.78, 5) is 11.3. The van der Waals surface area contributed by atoms with Crippen molar-refractivity contribution in [3.63, 3.8) is 0 Å². The molecule has 1 aromatic rings. The van der Waals surface area contributed by atoms with E-state index in [4.69, 9.17) is 10.5 Å². The van der Waals surface area contributed by atoms with Gasteiger partial charge in [0.05, 0.1) is 6.54 Å². The lowest BCUT2D eigenvalue weighted by molar-refractivity contribution is 0.0612. The highest BCUT2D eigenvalue weighted by atomic mass is 16.6. The molecule has 1 unspecified atom stereocenters. The molecule has 1 aromatic carbocycles. The first-order valence-corrected chi connectivity index (χ1v) is 5.74. The van der Waals surface area contributed by atoms with Crippen molar-refractivity contribution < 1.29 is 9.53 Å². The SMILES string of the molecule is Cc1cc(C)c(C2(CN)CNC(=O)O2)cc1C. The molecule has 17 heavy (non-hydrogen) atoms. The number of nitrogens with two attached hydrogens (primary N) is 1. The number of hydrogen-bond acceptors (Lipinski definition) is 3. The van der Waals surface area contributed by atoms with Gasteiger partial charge in [0.25, 0.3) is 0 Å². The Morgan fingerprint density at radius 2 is 1.94 bits per heavy atom. The first kappa shape index (κ1) is 11.9. The largest absolute Gasteiger partial charge is 0.435 e. The van der Waals surface area contributed by atoms with Crippen LogP contribution < -0.4 is 11.1 Å². The predicted octanol–water partition coefficient (Wildman–Crippen LogP) is 1.51. The Bertz CT molecular complexity index is 471. The fraction of sp³-hybridized carbons (Fsp3) is 0.462. The summed E-state index contributed by atoms with van der Waals surface area (Å²) in [5.41, 5.74) is 9.62. The summed E-state index contributed by atoms with van der Waals surface area (Å²) in [6, 6.07) is 4.17. The van der Waals surface area contributed by atoms with Gasteiger partial charge in [0, 0.05) is 12.1 Å². The molecule has 1 amide bonds. The van der Waals surface area contributed by atoms with Crippen LogP contribution in [0.1, 0.15) is 22.3 Å². The van der Waals surface area contributed by atoms with Gasteiger partial charge in [0.1, 0.15) is 0 Å². The second-order valence-electron chi connectivity index (χ2n) is 4.69. The average Bonchev–Trinajstić information content (AvgIpc) is 2.66. The summed E-state index contributed by atoms with van der Waals surface area (Å²) in [5, 5.41) is 2.68. The minimum Gasteiger partial charge on any atom is -0.435 e. The van der Waals surface area contributed by atoms with Gasteiger partial charge < -0.3 is 15.8 Å². The van der Waals surface area contributed by atoms with Crippen molar-refractivity contribution >= 4 is 6.09 Å². The number of ether oxygens (including phenoxy) is 1. The molecule has 1 heterocycles. The van der Waals surface area contributed by atoms with Gasteiger partial charge in [0.15, 0.2) is 5.60 Å². The maximum atomic E-state index is 11.3. The Balaban J connectivity index is 2.51. The van der Waals surface area contributed by atoms with Crippen LogP contribution in [0, 0.1) is 20.8 Å². The number of aryl methyl sites for hydroxylation is 3. The maximum Gasteiger partial charge on any atom is 0.408 e. The Hall–Kier alpha value is -1.55. The molecule has 1 saturated heterocycles. The van der Waals surface area contributed by atoms with E-state index in [0.717, 1.165) is 11.1 Å². The summed E-state index contributed by atoms with van der Waals surface area (Å²) in [6.07, 6.45) is -0.395. The van der Waals surface area contributed by atoms with Crippen molar-refractivity contribution in [2.75, 3.05) is 13.1 Å². The highest BCUT2D eigenvalue weighted by Gasteiger charge is 2.41. The number of hydrogen-bond donors (Lipinski definition) is 2. The number of amides is 1. The number of cyclic esters (lactones) is 1. The molecule has 0 saturated carbocycles. The zero-order valence-electron chi connectivity index (χ0n) is 10.5. The predicted molar refractivity (Wildman–Crippen MR) is 65.9 cm³/mol. The lowest BCUT2D eigenvalue weighted by Gasteiger charge is -2.27. The van der Waals surface area contributed by atoms with Crippen molar-refractivity contribution in [1.29, 1.82) is 0 Å².